The van der Waals surface area contributed by atoms with Crippen molar-refractivity contribution in [3.05, 3.63) is 23.8 Å². The highest BCUT2D eigenvalue weighted by Gasteiger charge is 2.49. The highest BCUT2D eigenvalue weighted by molar-refractivity contribution is 6.15. The number of carbonyl (C=O) groups excluding carboxylic acids is 2. The summed E-state index contributed by atoms with van der Waals surface area (Å²) >= 11 is 0. The summed E-state index contributed by atoms with van der Waals surface area (Å²) in [5.41, 5.74) is 0.191. The summed E-state index contributed by atoms with van der Waals surface area (Å²) in [5.74, 6) is -0.100. The molecule has 1 fully saturated rings. The SMILES string of the molecule is Cc1ccc2c(c1)NC(=O)[C@@](C)(C(=O)N1CCCC1)O2. The molecular formula is C15H18N2O3. The normalized spacial score (nSPS) is 24.9. The number of rotatable bonds is 1. The predicted molar refractivity (Wildman–Crippen MR) is 74.7 cm³/mol. The lowest BCUT2D eigenvalue weighted by molar-refractivity contribution is -0.153. The Morgan fingerprint density at radius 1 is 1.35 bits per heavy atom. The van der Waals surface area contributed by atoms with Crippen molar-refractivity contribution in [3.8, 4) is 5.75 Å². The van der Waals surface area contributed by atoms with Crippen LogP contribution in [0.3, 0.4) is 0 Å². The molecule has 0 saturated carbocycles. The number of nitrogens with one attached hydrogen (secondary N) is 1. The maximum atomic E-state index is 12.5. The summed E-state index contributed by atoms with van der Waals surface area (Å²) in [6.07, 6.45) is 1.97. The van der Waals surface area contributed by atoms with Crippen LogP contribution in [0.2, 0.25) is 0 Å². The van der Waals surface area contributed by atoms with Crippen LogP contribution in [0.1, 0.15) is 25.3 Å². The van der Waals surface area contributed by atoms with Gasteiger partial charge in [0.2, 0.25) is 0 Å². The molecule has 1 aromatic carbocycles. The van der Waals surface area contributed by atoms with Gasteiger partial charge in [0.25, 0.3) is 17.4 Å². The average Bonchev–Trinajstić information content (AvgIpc) is 2.93. The molecule has 2 heterocycles. The molecule has 2 aliphatic rings. The van der Waals surface area contributed by atoms with Gasteiger partial charge in [0.05, 0.1) is 5.69 Å². The number of anilines is 1. The summed E-state index contributed by atoms with van der Waals surface area (Å²) in [4.78, 5) is 26.6. The molecule has 106 valence electrons. The Bertz CT molecular complexity index is 578. The highest BCUT2D eigenvalue weighted by atomic mass is 16.5. The molecule has 2 aliphatic heterocycles. The van der Waals surface area contributed by atoms with Crippen LogP contribution in [-0.2, 0) is 9.59 Å². The van der Waals surface area contributed by atoms with E-state index in [0.29, 0.717) is 24.5 Å². The van der Waals surface area contributed by atoms with Crippen molar-refractivity contribution in [3.63, 3.8) is 0 Å². The van der Waals surface area contributed by atoms with Gasteiger partial charge in [-0.05, 0) is 44.4 Å². The van der Waals surface area contributed by atoms with E-state index < -0.39 is 11.5 Å². The van der Waals surface area contributed by atoms with Gasteiger partial charge < -0.3 is 15.0 Å². The molecule has 0 unspecified atom stereocenters. The molecule has 5 nitrogen and oxygen atoms in total. The molecule has 1 aromatic rings. The van der Waals surface area contributed by atoms with Gasteiger partial charge in [-0.2, -0.15) is 0 Å². The molecule has 0 spiro atoms. The minimum Gasteiger partial charge on any atom is -0.466 e. The molecule has 2 amide bonds. The maximum absolute atomic E-state index is 12.5. The van der Waals surface area contributed by atoms with Gasteiger partial charge in [-0.25, -0.2) is 0 Å². The van der Waals surface area contributed by atoms with Crippen LogP contribution in [-0.4, -0.2) is 35.4 Å². The smallest absolute Gasteiger partial charge is 0.278 e. The average molecular weight is 274 g/mol. The van der Waals surface area contributed by atoms with Crippen molar-refractivity contribution >= 4 is 17.5 Å². The number of hydrogen-bond acceptors (Lipinski definition) is 3. The number of aryl methyl sites for hydroxylation is 1. The molecule has 3 rings (SSSR count). The summed E-state index contributed by atoms with van der Waals surface area (Å²) in [5, 5.41) is 2.78. The number of ether oxygens (including phenoxy) is 1. The van der Waals surface area contributed by atoms with E-state index in [1.165, 1.54) is 0 Å². The van der Waals surface area contributed by atoms with E-state index in [4.69, 9.17) is 4.74 Å². The lowest BCUT2D eigenvalue weighted by Crippen LogP contribution is -2.59. The molecule has 20 heavy (non-hydrogen) atoms. The van der Waals surface area contributed by atoms with Crippen LogP contribution in [0.15, 0.2) is 18.2 Å². The monoisotopic (exact) mass is 274 g/mol. The van der Waals surface area contributed by atoms with Crippen LogP contribution < -0.4 is 10.1 Å². The molecule has 5 heteroatoms. The first-order valence-electron chi connectivity index (χ1n) is 6.91. The van der Waals surface area contributed by atoms with Gasteiger partial charge >= 0.3 is 0 Å². The molecule has 0 aliphatic carbocycles. The summed E-state index contributed by atoms with van der Waals surface area (Å²) < 4.78 is 5.76. The van der Waals surface area contributed by atoms with Crippen molar-refractivity contribution < 1.29 is 14.3 Å². The molecule has 1 atom stereocenters. The summed E-state index contributed by atoms with van der Waals surface area (Å²) in [6.45, 7) is 4.89. The van der Waals surface area contributed by atoms with E-state index in [2.05, 4.69) is 5.32 Å². The fourth-order valence-corrected chi connectivity index (χ4v) is 2.70. The minimum absolute atomic E-state index is 0.251. The Morgan fingerprint density at radius 3 is 2.75 bits per heavy atom. The Morgan fingerprint density at radius 2 is 2.05 bits per heavy atom. The number of likely N-dealkylation sites (tertiary alicyclic amines) is 1. The molecule has 1 N–H and O–H groups in total. The molecular weight excluding hydrogens is 256 g/mol. The second-order valence-corrected chi connectivity index (χ2v) is 5.59. The summed E-state index contributed by atoms with van der Waals surface area (Å²) in [7, 11) is 0. The van der Waals surface area contributed by atoms with Crippen molar-refractivity contribution in [2.75, 3.05) is 18.4 Å². The van der Waals surface area contributed by atoms with Crippen LogP contribution >= 0.6 is 0 Å². The predicted octanol–water partition coefficient (Wildman–Crippen LogP) is 1.71. The first-order valence-corrected chi connectivity index (χ1v) is 6.91. The van der Waals surface area contributed by atoms with Crippen molar-refractivity contribution in [1.82, 2.24) is 4.90 Å². The number of benzene rings is 1. The first-order chi connectivity index (χ1) is 9.50. The van der Waals surface area contributed by atoms with Gasteiger partial charge in [0.15, 0.2) is 0 Å². The Labute approximate surface area is 117 Å². The zero-order chi connectivity index (χ0) is 14.3. The van der Waals surface area contributed by atoms with E-state index in [1.54, 1.807) is 17.9 Å². The van der Waals surface area contributed by atoms with Gasteiger partial charge in [0.1, 0.15) is 5.75 Å². The van der Waals surface area contributed by atoms with E-state index in [1.807, 2.05) is 19.1 Å². The molecule has 0 aromatic heterocycles. The van der Waals surface area contributed by atoms with Gasteiger partial charge in [0, 0.05) is 13.1 Å². The third-order valence-electron chi connectivity index (χ3n) is 3.93. The number of carbonyl (C=O) groups is 2. The van der Waals surface area contributed by atoms with E-state index >= 15 is 0 Å². The first kappa shape index (κ1) is 13.0. The number of fused-ring (bicyclic) bond motifs is 1. The quantitative estimate of drug-likeness (QED) is 0.793. The zero-order valence-electron chi connectivity index (χ0n) is 11.7. The van der Waals surface area contributed by atoms with Crippen molar-refractivity contribution in [1.29, 1.82) is 0 Å². The van der Waals surface area contributed by atoms with Crippen LogP contribution in [0.25, 0.3) is 0 Å². The molecule has 0 bridgehead atoms. The van der Waals surface area contributed by atoms with Gasteiger partial charge in [-0.1, -0.05) is 6.07 Å². The molecule has 0 radical (unpaired) electrons. The van der Waals surface area contributed by atoms with Crippen molar-refractivity contribution in [2.45, 2.75) is 32.3 Å². The van der Waals surface area contributed by atoms with Gasteiger partial charge in [-0.3, -0.25) is 9.59 Å². The van der Waals surface area contributed by atoms with E-state index in [-0.39, 0.29) is 5.91 Å². The van der Waals surface area contributed by atoms with Gasteiger partial charge in [-0.15, -0.1) is 0 Å². The Kier molecular flexibility index (Phi) is 2.92. The number of nitrogens with zero attached hydrogens (tertiary/aromatic N) is 1. The standard InChI is InChI=1S/C15H18N2O3/c1-10-5-6-12-11(9-10)16-13(18)15(2,20-12)14(19)17-7-3-4-8-17/h5-6,9H,3-4,7-8H2,1-2H3,(H,16,18)/t15-/m0/s1. The third-order valence-corrected chi connectivity index (χ3v) is 3.93. The maximum Gasteiger partial charge on any atom is 0.278 e. The highest BCUT2D eigenvalue weighted by Crippen LogP contribution is 2.35. The fraction of sp³-hybridized carbons (Fsp3) is 0.467. The second-order valence-electron chi connectivity index (χ2n) is 5.59. The number of hydrogen-bond donors (Lipinski definition) is 1. The Hall–Kier alpha value is -2.04. The molecule has 1 saturated heterocycles. The lowest BCUT2D eigenvalue weighted by Gasteiger charge is -2.35. The van der Waals surface area contributed by atoms with E-state index in [9.17, 15) is 9.59 Å². The third kappa shape index (κ3) is 1.94. The van der Waals surface area contributed by atoms with Crippen molar-refractivity contribution in [2.24, 2.45) is 0 Å². The minimum atomic E-state index is -1.47. The number of amides is 2. The van der Waals surface area contributed by atoms with Crippen LogP contribution in [0, 0.1) is 6.92 Å². The fourth-order valence-electron chi connectivity index (χ4n) is 2.70. The Balaban J connectivity index is 1.92. The van der Waals surface area contributed by atoms with Crippen LogP contribution in [0.4, 0.5) is 5.69 Å². The van der Waals surface area contributed by atoms with E-state index in [0.717, 1.165) is 18.4 Å². The topological polar surface area (TPSA) is 58.6 Å². The zero-order valence-corrected chi connectivity index (χ0v) is 11.7. The second kappa shape index (κ2) is 4.51. The van der Waals surface area contributed by atoms with Crippen LogP contribution in [0.5, 0.6) is 5.75 Å². The largest absolute Gasteiger partial charge is 0.466 e. The summed E-state index contributed by atoms with van der Waals surface area (Å²) in [6, 6.07) is 5.53. The lowest BCUT2D eigenvalue weighted by atomic mass is 10.0.